The van der Waals surface area contributed by atoms with E-state index in [1.54, 1.807) is 4.68 Å². The maximum atomic E-state index is 12.2. The first kappa shape index (κ1) is 16.4. The minimum absolute atomic E-state index is 0.0703. The third-order valence-electron chi connectivity index (χ3n) is 3.20. The van der Waals surface area contributed by atoms with Crippen LogP contribution in [-0.4, -0.2) is 31.7 Å². The van der Waals surface area contributed by atoms with E-state index in [0.717, 1.165) is 19.9 Å². The summed E-state index contributed by atoms with van der Waals surface area (Å²) in [4.78, 5) is 12.9. The van der Waals surface area contributed by atoms with Crippen LogP contribution in [0.3, 0.4) is 0 Å². The zero-order valence-electron chi connectivity index (χ0n) is 12.5. The third-order valence-corrected chi connectivity index (χ3v) is 5.79. The number of tetrazole rings is 1. The molecule has 0 radical (unpaired) electrons. The second kappa shape index (κ2) is 6.94. The lowest BCUT2D eigenvalue weighted by Crippen LogP contribution is -2.04. The molecule has 3 aromatic rings. The molecule has 0 N–H and O–H groups in total. The molecule has 0 amide bonds. The first-order chi connectivity index (χ1) is 11.0. The number of carbonyl (C=O) groups is 1. The molecule has 2 heterocycles. The van der Waals surface area contributed by atoms with Crippen LogP contribution < -0.4 is 0 Å². The number of rotatable bonds is 5. The fraction of sp³-hybridized carbons (Fsp3) is 0.200. The number of thiophene rings is 1. The van der Waals surface area contributed by atoms with Crippen LogP contribution in [0.4, 0.5) is 0 Å². The number of hydrogen-bond donors (Lipinski definition) is 0. The van der Waals surface area contributed by atoms with Gasteiger partial charge in [0, 0.05) is 0 Å². The Labute approximate surface area is 150 Å². The highest BCUT2D eigenvalue weighted by atomic mass is 79.9. The number of benzene rings is 1. The Hall–Kier alpha value is -1.51. The third kappa shape index (κ3) is 3.70. The predicted molar refractivity (Wildman–Crippen MR) is 95.7 cm³/mol. The maximum Gasteiger partial charge on any atom is 0.214 e. The monoisotopic (exact) mass is 408 g/mol. The standard InChI is InChI=1S/C15H13BrN4OS2/c1-9-3-4-11(10(2)7-9)20-15(17-18-19-20)22-8-12(21)13-5-6-14(16)23-13/h3-7H,8H2,1-2H3. The van der Waals surface area contributed by atoms with Crippen LogP contribution in [0.1, 0.15) is 20.8 Å². The van der Waals surface area contributed by atoms with Crippen LogP contribution in [-0.2, 0) is 0 Å². The van der Waals surface area contributed by atoms with Crippen molar-refractivity contribution in [1.29, 1.82) is 0 Å². The lowest BCUT2D eigenvalue weighted by Gasteiger charge is -2.07. The van der Waals surface area contributed by atoms with E-state index in [-0.39, 0.29) is 5.78 Å². The molecule has 0 aliphatic heterocycles. The topological polar surface area (TPSA) is 60.7 Å². The molecule has 0 saturated heterocycles. The molecular formula is C15H13BrN4OS2. The summed E-state index contributed by atoms with van der Waals surface area (Å²) in [5.41, 5.74) is 3.20. The normalized spacial score (nSPS) is 10.9. The molecule has 3 rings (SSSR count). The van der Waals surface area contributed by atoms with E-state index in [9.17, 15) is 4.79 Å². The van der Waals surface area contributed by atoms with Crippen molar-refractivity contribution in [3.63, 3.8) is 0 Å². The molecule has 0 fully saturated rings. The number of nitrogens with zero attached hydrogens (tertiary/aromatic N) is 4. The number of thioether (sulfide) groups is 1. The van der Waals surface area contributed by atoms with Crippen molar-refractivity contribution in [2.75, 3.05) is 5.75 Å². The zero-order valence-corrected chi connectivity index (χ0v) is 15.7. The number of ketones is 1. The van der Waals surface area contributed by atoms with Gasteiger partial charge in [0.15, 0.2) is 5.78 Å². The van der Waals surface area contributed by atoms with Gasteiger partial charge in [0.2, 0.25) is 5.16 Å². The van der Waals surface area contributed by atoms with Gasteiger partial charge in [0.25, 0.3) is 0 Å². The highest BCUT2D eigenvalue weighted by Crippen LogP contribution is 2.26. The highest BCUT2D eigenvalue weighted by Gasteiger charge is 2.15. The van der Waals surface area contributed by atoms with Crippen molar-refractivity contribution in [2.45, 2.75) is 19.0 Å². The van der Waals surface area contributed by atoms with Gasteiger partial charge in [-0.15, -0.1) is 16.4 Å². The first-order valence-corrected chi connectivity index (χ1v) is 9.41. The summed E-state index contributed by atoms with van der Waals surface area (Å²) in [5.74, 6) is 0.374. The number of aryl methyl sites for hydroxylation is 2. The number of carbonyl (C=O) groups excluding carboxylic acids is 1. The molecule has 118 valence electrons. The summed E-state index contributed by atoms with van der Waals surface area (Å²) in [7, 11) is 0. The van der Waals surface area contributed by atoms with Crippen molar-refractivity contribution >= 4 is 44.8 Å². The SMILES string of the molecule is Cc1ccc(-n2nnnc2SCC(=O)c2ccc(Br)s2)c(C)c1. The number of Topliss-reactive ketones (excluding diaryl/α,β-unsaturated/α-hetero) is 1. The summed E-state index contributed by atoms with van der Waals surface area (Å²) >= 11 is 6.14. The van der Waals surface area contributed by atoms with Crippen LogP contribution in [0.5, 0.6) is 0 Å². The van der Waals surface area contributed by atoms with Crippen LogP contribution in [0.15, 0.2) is 39.3 Å². The molecule has 5 nitrogen and oxygen atoms in total. The fourth-order valence-electron chi connectivity index (χ4n) is 2.13. The molecule has 0 unspecified atom stereocenters. The van der Waals surface area contributed by atoms with Crippen molar-refractivity contribution in [2.24, 2.45) is 0 Å². The first-order valence-electron chi connectivity index (χ1n) is 6.82. The van der Waals surface area contributed by atoms with Gasteiger partial charge in [-0.25, -0.2) is 0 Å². The van der Waals surface area contributed by atoms with E-state index in [0.29, 0.717) is 10.9 Å². The minimum Gasteiger partial charge on any atom is -0.292 e. The molecule has 0 bridgehead atoms. The molecule has 2 aromatic heterocycles. The highest BCUT2D eigenvalue weighted by molar-refractivity contribution is 9.11. The Kier molecular flexibility index (Phi) is 4.93. The summed E-state index contributed by atoms with van der Waals surface area (Å²) in [6, 6.07) is 9.79. The minimum atomic E-state index is 0.0703. The van der Waals surface area contributed by atoms with Gasteiger partial charge in [-0.2, -0.15) is 4.68 Å². The molecule has 23 heavy (non-hydrogen) atoms. The van der Waals surface area contributed by atoms with E-state index in [2.05, 4.69) is 37.5 Å². The summed E-state index contributed by atoms with van der Waals surface area (Å²) in [6.07, 6.45) is 0. The Morgan fingerprint density at radius 1 is 1.30 bits per heavy atom. The van der Waals surface area contributed by atoms with Crippen LogP contribution in [0.2, 0.25) is 0 Å². The maximum absolute atomic E-state index is 12.2. The lowest BCUT2D eigenvalue weighted by atomic mass is 10.1. The zero-order chi connectivity index (χ0) is 16.4. The van der Waals surface area contributed by atoms with Gasteiger partial charge in [-0.3, -0.25) is 4.79 Å². The molecule has 0 aliphatic carbocycles. The van der Waals surface area contributed by atoms with Gasteiger partial charge < -0.3 is 0 Å². The molecule has 0 aliphatic rings. The van der Waals surface area contributed by atoms with Crippen molar-refractivity contribution in [1.82, 2.24) is 20.2 Å². The second-order valence-electron chi connectivity index (χ2n) is 4.98. The lowest BCUT2D eigenvalue weighted by molar-refractivity contribution is 0.102. The molecule has 1 aromatic carbocycles. The van der Waals surface area contributed by atoms with Gasteiger partial charge in [-0.1, -0.05) is 29.5 Å². The van der Waals surface area contributed by atoms with Crippen molar-refractivity contribution in [3.8, 4) is 5.69 Å². The van der Waals surface area contributed by atoms with Gasteiger partial charge in [0.1, 0.15) is 0 Å². The van der Waals surface area contributed by atoms with E-state index >= 15 is 0 Å². The quantitative estimate of drug-likeness (QED) is 0.470. The molecule has 8 heteroatoms. The fourth-order valence-corrected chi connectivity index (χ4v) is 4.31. The van der Waals surface area contributed by atoms with Crippen LogP contribution >= 0.6 is 39.0 Å². The molecule has 0 spiro atoms. The Balaban J connectivity index is 1.77. The summed E-state index contributed by atoms with van der Waals surface area (Å²) in [5, 5.41) is 12.4. The van der Waals surface area contributed by atoms with E-state index < -0.39 is 0 Å². The molecule has 0 saturated carbocycles. The largest absolute Gasteiger partial charge is 0.292 e. The van der Waals surface area contributed by atoms with E-state index in [1.807, 2.05) is 38.1 Å². The molecular weight excluding hydrogens is 396 g/mol. The second-order valence-corrected chi connectivity index (χ2v) is 8.38. The number of hydrogen-bond acceptors (Lipinski definition) is 6. The molecule has 0 atom stereocenters. The van der Waals surface area contributed by atoms with Gasteiger partial charge in [-0.05, 0) is 64.0 Å². The van der Waals surface area contributed by atoms with Crippen molar-refractivity contribution in [3.05, 3.63) is 50.1 Å². The van der Waals surface area contributed by atoms with Gasteiger partial charge >= 0.3 is 0 Å². The Bertz CT molecular complexity index is 859. The predicted octanol–water partition coefficient (Wildman–Crippen LogP) is 4.08. The van der Waals surface area contributed by atoms with Crippen LogP contribution in [0, 0.1) is 13.8 Å². The number of halogens is 1. The number of aromatic nitrogens is 4. The van der Waals surface area contributed by atoms with Crippen molar-refractivity contribution < 1.29 is 4.79 Å². The van der Waals surface area contributed by atoms with E-state index in [4.69, 9.17) is 0 Å². The van der Waals surface area contributed by atoms with Crippen LogP contribution in [0.25, 0.3) is 5.69 Å². The van der Waals surface area contributed by atoms with Gasteiger partial charge in [0.05, 0.1) is 20.1 Å². The summed E-state index contributed by atoms with van der Waals surface area (Å²) in [6.45, 7) is 4.07. The Morgan fingerprint density at radius 3 is 2.83 bits per heavy atom. The van der Waals surface area contributed by atoms with E-state index in [1.165, 1.54) is 28.7 Å². The average molecular weight is 409 g/mol. The Morgan fingerprint density at radius 2 is 2.13 bits per heavy atom. The summed E-state index contributed by atoms with van der Waals surface area (Å²) < 4.78 is 2.63. The smallest absolute Gasteiger partial charge is 0.214 e. The average Bonchev–Trinajstić information content (AvgIpc) is 3.14.